The maximum absolute atomic E-state index is 13.6. The lowest BCUT2D eigenvalue weighted by Gasteiger charge is -2.24. The summed E-state index contributed by atoms with van der Waals surface area (Å²) in [5.41, 5.74) is 0.709. The highest BCUT2D eigenvalue weighted by molar-refractivity contribution is 5.60. The van der Waals surface area contributed by atoms with Gasteiger partial charge in [-0.05, 0) is 12.1 Å². The molecule has 3 rings (SSSR count). The summed E-state index contributed by atoms with van der Waals surface area (Å²) in [6.45, 7) is 2.45. The van der Waals surface area contributed by atoms with Crippen LogP contribution in [-0.4, -0.2) is 32.1 Å². The second-order valence-corrected chi connectivity index (χ2v) is 4.52. The summed E-state index contributed by atoms with van der Waals surface area (Å²) in [4.78, 5) is 1.95. The summed E-state index contributed by atoms with van der Waals surface area (Å²) in [6.07, 6.45) is 0.744. The SMILES string of the molecule is N#Cc1c(F)cccc1N1CCC2(C1)OCCO2. The molecule has 0 unspecified atom stereocenters. The van der Waals surface area contributed by atoms with Crippen LogP contribution < -0.4 is 4.90 Å². The molecule has 2 heterocycles. The minimum atomic E-state index is -0.557. The lowest BCUT2D eigenvalue weighted by molar-refractivity contribution is -0.137. The number of nitrogens with zero attached hydrogens (tertiary/aromatic N) is 2. The Morgan fingerprint density at radius 1 is 1.33 bits per heavy atom. The zero-order chi connectivity index (χ0) is 12.6. The van der Waals surface area contributed by atoms with Crippen LogP contribution in [0.2, 0.25) is 0 Å². The first kappa shape index (κ1) is 11.5. The van der Waals surface area contributed by atoms with Crippen molar-refractivity contribution in [3.8, 4) is 6.07 Å². The zero-order valence-corrected chi connectivity index (χ0v) is 9.86. The van der Waals surface area contributed by atoms with Crippen LogP contribution in [-0.2, 0) is 9.47 Å². The monoisotopic (exact) mass is 248 g/mol. The Hall–Kier alpha value is -1.64. The van der Waals surface area contributed by atoms with Gasteiger partial charge in [0, 0.05) is 13.0 Å². The molecule has 2 aliphatic heterocycles. The molecule has 0 amide bonds. The third-order valence-corrected chi connectivity index (χ3v) is 3.45. The largest absolute Gasteiger partial charge is 0.365 e. The van der Waals surface area contributed by atoms with Gasteiger partial charge in [-0.15, -0.1) is 0 Å². The van der Waals surface area contributed by atoms with Crippen LogP contribution in [0.5, 0.6) is 0 Å². The van der Waals surface area contributed by atoms with E-state index in [-0.39, 0.29) is 5.56 Å². The number of halogens is 1. The standard InChI is InChI=1S/C13H13FN2O2/c14-11-2-1-3-12(10(11)8-15)16-5-4-13(9-16)17-6-7-18-13/h1-3H,4-7,9H2. The first-order valence-corrected chi connectivity index (χ1v) is 5.96. The molecular weight excluding hydrogens is 235 g/mol. The van der Waals surface area contributed by atoms with E-state index in [0.717, 1.165) is 6.42 Å². The van der Waals surface area contributed by atoms with Crippen LogP contribution in [0, 0.1) is 17.1 Å². The first-order chi connectivity index (χ1) is 8.74. The second kappa shape index (κ2) is 4.23. The Morgan fingerprint density at radius 3 is 2.83 bits per heavy atom. The van der Waals surface area contributed by atoms with Crippen molar-refractivity contribution >= 4 is 5.69 Å². The molecule has 2 fully saturated rings. The van der Waals surface area contributed by atoms with E-state index in [9.17, 15) is 4.39 Å². The van der Waals surface area contributed by atoms with Crippen molar-refractivity contribution in [1.29, 1.82) is 5.26 Å². The van der Waals surface area contributed by atoms with E-state index in [0.29, 0.717) is 32.0 Å². The molecule has 1 aromatic rings. The van der Waals surface area contributed by atoms with Gasteiger partial charge in [0.05, 0.1) is 25.4 Å². The number of nitriles is 1. The fourth-order valence-electron chi connectivity index (χ4n) is 2.58. The molecular formula is C13H13FN2O2. The zero-order valence-electron chi connectivity index (χ0n) is 9.86. The van der Waals surface area contributed by atoms with Gasteiger partial charge in [-0.25, -0.2) is 4.39 Å². The van der Waals surface area contributed by atoms with Crippen molar-refractivity contribution in [3.05, 3.63) is 29.6 Å². The number of rotatable bonds is 1. The molecule has 0 aromatic heterocycles. The van der Waals surface area contributed by atoms with Crippen molar-refractivity contribution in [1.82, 2.24) is 0 Å². The Balaban J connectivity index is 1.89. The molecule has 4 nitrogen and oxygen atoms in total. The number of ether oxygens (including phenoxy) is 2. The van der Waals surface area contributed by atoms with Crippen LogP contribution in [0.3, 0.4) is 0 Å². The van der Waals surface area contributed by atoms with Gasteiger partial charge in [-0.2, -0.15) is 5.26 Å². The Kier molecular flexibility index (Phi) is 2.69. The molecule has 0 bridgehead atoms. The molecule has 0 saturated carbocycles. The molecule has 0 radical (unpaired) electrons. The summed E-state index contributed by atoms with van der Waals surface area (Å²) in [6, 6.07) is 6.60. The van der Waals surface area contributed by atoms with E-state index in [1.54, 1.807) is 12.1 Å². The maximum Gasteiger partial charge on any atom is 0.187 e. The number of hydrogen-bond donors (Lipinski definition) is 0. The third-order valence-electron chi connectivity index (χ3n) is 3.45. The molecule has 1 aromatic carbocycles. The fourth-order valence-corrected chi connectivity index (χ4v) is 2.58. The molecule has 5 heteroatoms. The topological polar surface area (TPSA) is 45.5 Å². The molecule has 2 aliphatic rings. The molecule has 18 heavy (non-hydrogen) atoms. The summed E-state index contributed by atoms with van der Waals surface area (Å²) < 4.78 is 24.8. The smallest absolute Gasteiger partial charge is 0.187 e. The quantitative estimate of drug-likeness (QED) is 0.758. The average Bonchev–Trinajstić information content (AvgIpc) is 3.00. The number of benzene rings is 1. The van der Waals surface area contributed by atoms with Gasteiger partial charge in [0.15, 0.2) is 5.79 Å². The van der Waals surface area contributed by atoms with E-state index in [1.807, 2.05) is 11.0 Å². The number of hydrogen-bond acceptors (Lipinski definition) is 4. The van der Waals surface area contributed by atoms with Gasteiger partial charge in [0.1, 0.15) is 17.4 Å². The summed E-state index contributed by atoms with van der Waals surface area (Å²) in [5.74, 6) is -1.04. The first-order valence-electron chi connectivity index (χ1n) is 5.96. The minimum absolute atomic E-state index is 0.0903. The predicted octanol–water partition coefficient (Wildman–Crippen LogP) is 1.65. The van der Waals surface area contributed by atoms with Crippen LogP contribution >= 0.6 is 0 Å². The average molecular weight is 248 g/mol. The Morgan fingerprint density at radius 2 is 2.11 bits per heavy atom. The summed E-state index contributed by atoms with van der Waals surface area (Å²) in [5, 5.41) is 9.04. The third kappa shape index (κ3) is 1.74. The molecule has 0 N–H and O–H groups in total. The van der Waals surface area contributed by atoms with Gasteiger partial charge in [0.2, 0.25) is 0 Å². The molecule has 1 spiro atoms. The second-order valence-electron chi connectivity index (χ2n) is 4.52. The van der Waals surface area contributed by atoms with Gasteiger partial charge in [-0.1, -0.05) is 6.07 Å². The molecule has 0 aliphatic carbocycles. The van der Waals surface area contributed by atoms with Crippen molar-refractivity contribution < 1.29 is 13.9 Å². The van der Waals surface area contributed by atoms with E-state index in [2.05, 4.69) is 0 Å². The summed E-state index contributed by atoms with van der Waals surface area (Å²) >= 11 is 0. The Bertz CT molecular complexity index is 506. The number of anilines is 1. The van der Waals surface area contributed by atoms with Crippen LogP contribution in [0.4, 0.5) is 10.1 Å². The van der Waals surface area contributed by atoms with Gasteiger partial charge in [0.25, 0.3) is 0 Å². The van der Waals surface area contributed by atoms with Crippen molar-refractivity contribution in [2.24, 2.45) is 0 Å². The maximum atomic E-state index is 13.6. The molecule has 2 saturated heterocycles. The minimum Gasteiger partial charge on any atom is -0.365 e. The van der Waals surface area contributed by atoms with Gasteiger partial charge >= 0.3 is 0 Å². The van der Waals surface area contributed by atoms with Crippen molar-refractivity contribution in [3.63, 3.8) is 0 Å². The Labute approximate surface area is 105 Å². The molecule has 0 atom stereocenters. The highest BCUT2D eigenvalue weighted by atomic mass is 19.1. The normalized spacial score (nSPS) is 21.4. The lowest BCUT2D eigenvalue weighted by Crippen LogP contribution is -2.34. The van der Waals surface area contributed by atoms with Crippen molar-refractivity contribution in [2.75, 3.05) is 31.2 Å². The van der Waals surface area contributed by atoms with Crippen LogP contribution in [0.1, 0.15) is 12.0 Å². The summed E-state index contributed by atoms with van der Waals surface area (Å²) in [7, 11) is 0. The van der Waals surface area contributed by atoms with Gasteiger partial charge in [-0.3, -0.25) is 0 Å². The fraction of sp³-hybridized carbons (Fsp3) is 0.462. The van der Waals surface area contributed by atoms with E-state index in [4.69, 9.17) is 14.7 Å². The van der Waals surface area contributed by atoms with Crippen molar-refractivity contribution in [2.45, 2.75) is 12.2 Å². The van der Waals surface area contributed by atoms with Crippen LogP contribution in [0.25, 0.3) is 0 Å². The predicted molar refractivity (Wildman–Crippen MR) is 62.6 cm³/mol. The molecule has 94 valence electrons. The highest BCUT2D eigenvalue weighted by Gasteiger charge is 2.43. The lowest BCUT2D eigenvalue weighted by atomic mass is 10.1. The van der Waals surface area contributed by atoms with E-state index < -0.39 is 11.6 Å². The highest BCUT2D eigenvalue weighted by Crippen LogP contribution is 2.35. The van der Waals surface area contributed by atoms with E-state index in [1.165, 1.54) is 6.07 Å². The van der Waals surface area contributed by atoms with Crippen LogP contribution in [0.15, 0.2) is 18.2 Å². The van der Waals surface area contributed by atoms with Gasteiger partial charge < -0.3 is 14.4 Å². The van der Waals surface area contributed by atoms with E-state index >= 15 is 0 Å².